The molecule has 1 saturated heterocycles. The molecule has 26 heavy (non-hydrogen) atoms. The van der Waals surface area contributed by atoms with E-state index in [1.54, 1.807) is 24.3 Å². The van der Waals surface area contributed by atoms with E-state index >= 15 is 0 Å². The van der Waals surface area contributed by atoms with Crippen molar-refractivity contribution in [2.75, 3.05) is 32.7 Å². The van der Waals surface area contributed by atoms with Gasteiger partial charge in [0.1, 0.15) is 0 Å². The maximum Gasteiger partial charge on any atom is 0.414 e. The fourth-order valence-corrected chi connectivity index (χ4v) is 4.58. The van der Waals surface area contributed by atoms with Gasteiger partial charge in [0.2, 0.25) is 10.0 Å². The van der Waals surface area contributed by atoms with Crippen LogP contribution in [0.3, 0.4) is 0 Å². The Bertz CT molecular complexity index is 773. The Hall–Kier alpha value is -2.00. The second-order valence-corrected chi connectivity index (χ2v) is 7.96. The van der Waals surface area contributed by atoms with Crippen LogP contribution in [0, 0.1) is 11.3 Å². The van der Waals surface area contributed by atoms with Gasteiger partial charge in [0.25, 0.3) is 0 Å². The minimum absolute atomic E-state index is 0.311. The number of sulfonamides is 1. The first-order valence-electron chi connectivity index (χ1n) is 7.50. The van der Waals surface area contributed by atoms with Gasteiger partial charge >= 0.3 is 11.9 Å². The van der Waals surface area contributed by atoms with Gasteiger partial charge in [-0.1, -0.05) is 12.1 Å². The number of benzene rings is 1. The van der Waals surface area contributed by atoms with Crippen LogP contribution < -0.4 is 0 Å². The fraction of sp³-hybridized carbons (Fsp3) is 0.400. The van der Waals surface area contributed by atoms with Crippen molar-refractivity contribution in [1.29, 1.82) is 5.26 Å². The quantitative estimate of drug-likeness (QED) is 0.646. The number of hydrogen-bond donors (Lipinski definition) is 2. The molecule has 1 heterocycles. The number of hydrogen-bond acceptors (Lipinski definition) is 6. The maximum atomic E-state index is 12.6. The molecule has 0 radical (unpaired) electrons. The Morgan fingerprint density at radius 2 is 1.65 bits per heavy atom. The van der Waals surface area contributed by atoms with Gasteiger partial charge < -0.3 is 10.2 Å². The monoisotopic (exact) mass is 447 g/mol. The summed E-state index contributed by atoms with van der Waals surface area (Å²) >= 11 is 3.29. The summed E-state index contributed by atoms with van der Waals surface area (Å²) in [7, 11) is -3.44. The summed E-state index contributed by atoms with van der Waals surface area (Å²) in [6.07, 6.45) is 0.483. The second-order valence-electron chi connectivity index (χ2n) is 5.19. The predicted octanol–water partition coefficient (Wildman–Crippen LogP) is 0.825. The Kier molecular flexibility index (Phi) is 8.67. The third kappa shape index (κ3) is 6.38. The molecule has 1 aromatic carbocycles. The summed E-state index contributed by atoms with van der Waals surface area (Å²) < 4.78 is 27.2. The SMILES string of the molecule is N#CCCN1CCN(S(=O)(=O)c2ccccc2Br)CC1.O=C(O)C(=O)O. The van der Waals surface area contributed by atoms with Crippen molar-refractivity contribution in [1.82, 2.24) is 9.21 Å². The van der Waals surface area contributed by atoms with Gasteiger partial charge in [-0.05, 0) is 28.1 Å². The Morgan fingerprint density at radius 1 is 1.12 bits per heavy atom. The molecular weight excluding hydrogens is 430 g/mol. The Labute approximate surface area is 159 Å². The maximum absolute atomic E-state index is 12.6. The van der Waals surface area contributed by atoms with Gasteiger partial charge in [0.15, 0.2) is 0 Å². The van der Waals surface area contributed by atoms with Crippen LogP contribution in [0.1, 0.15) is 6.42 Å². The van der Waals surface area contributed by atoms with Crippen molar-refractivity contribution >= 4 is 37.9 Å². The first-order chi connectivity index (χ1) is 12.2. The van der Waals surface area contributed by atoms with Crippen molar-refractivity contribution in [3.8, 4) is 6.07 Å². The number of carbonyl (C=O) groups is 2. The first kappa shape index (κ1) is 22.0. The summed E-state index contributed by atoms with van der Waals surface area (Å²) in [5.41, 5.74) is 0. The normalized spacial score (nSPS) is 15.4. The third-order valence-corrected chi connectivity index (χ3v) is 6.42. The summed E-state index contributed by atoms with van der Waals surface area (Å²) in [6, 6.07) is 8.97. The van der Waals surface area contributed by atoms with Crippen LogP contribution in [0.15, 0.2) is 33.6 Å². The molecule has 2 rings (SSSR count). The molecule has 1 aliphatic rings. The zero-order chi connectivity index (χ0) is 19.7. The van der Waals surface area contributed by atoms with E-state index in [1.807, 2.05) is 0 Å². The van der Waals surface area contributed by atoms with Crippen molar-refractivity contribution in [2.45, 2.75) is 11.3 Å². The molecule has 0 amide bonds. The van der Waals surface area contributed by atoms with Gasteiger partial charge in [0, 0.05) is 43.6 Å². The number of carboxylic acids is 2. The number of nitriles is 1. The number of aliphatic carboxylic acids is 2. The first-order valence-corrected chi connectivity index (χ1v) is 9.73. The molecule has 0 saturated carbocycles. The molecular formula is C15H18BrN3O6S. The fourth-order valence-electron chi connectivity index (χ4n) is 2.19. The second kappa shape index (κ2) is 10.2. The van der Waals surface area contributed by atoms with Gasteiger partial charge in [-0.15, -0.1) is 0 Å². The molecule has 1 aromatic rings. The van der Waals surface area contributed by atoms with Crippen molar-refractivity contribution in [3.05, 3.63) is 28.7 Å². The summed E-state index contributed by atoms with van der Waals surface area (Å²) in [4.78, 5) is 20.6. The highest BCUT2D eigenvalue weighted by Crippen LogP contribution is 2.25. The Morgan fingerprint density at radius 3 is 2.12 bits per heavy atom. The van der Waals surface area contributed by atoms with E-state index in [4.69, 9.17) is 25.1 Å². The van der Waals surface area contributed by atoms with Gasteiger partial charge in [-0.25, -0.2) is 18.0 Å². The summed E-state index contributed by atoms with van der Waals surface area (Å²) in [5, 5.41) is 23.4. The molecule has 9 nitrogen and oxygen atoms in total. The molecule has 0 bridgehead atoms. The van der Waals surface area contributed by atoms with E-state index in [2.05, 4.69) is 26.9 Å². The largest absolute Gasteiger partial charge is 0.473 e. The summed E-state index contributed by atoms with van der Waals surface area (Å²) in [5.74, 6) is -3.65. The Balaban J connectivity index is 0.000000487. The van der Waals surface area contributed by atoms with Crippen LogP contribution >= 0.6 is 15.9 Å². The zero-order valence-corrected chi connectivity index (χ0v) is 16.1. The van der Waals surface area contributed by atoms with E-state index in [0.717, 1.165) is 0 Å². The molecule has 1 aliphatic heterocycles. The average Bonchev–Trinajstić information content (AvgIpc) is 2.61. The van der Waals surface area contributed by atoms with E-state index < -0.39 is 22.0 Å². The standard InChI is InChI=1S/C13H16BrN3O2S.C2H2O4/c14-12-4-1-2-5-13(12)20(18,19)17-10-8-16(9-11-17)7-3-6-15;3-1(4)2(5)6/h1-2,4-5H,3,7-11H2;(H,3,4)(H,5,6). The molecule has 11 heteroatoms. The average molecular weight is 448 g/mol. The molecule has 2 N–H and O–H groups in total. The van der Waals surface area contributed by atoms with E-state index in [1.165, 1.54) is 4.31 Å². The lowest BCUT2D eigenvalue weighted by Gasteiger charge is -2.33. The topological polar surface area (TPSA) is 139 Å². The van der Waals surface area contributed by atoms with Crippen molar-refractivity contribution in [3.63, 3.8) is 0 Å². The molecule has 0 aliphatic carbocycles. The number of halogens is 1. The molecule has 0 aromatic heterocycles. The molecule has 1 fully saturated rings. The minimum Gasteiger partial charge on any atom is -0.473 e. The number of carboxylic acid groups (broad SMARTS) is 2. The van der Waals surface area contributed by atoms with Gasteiger partial charge in [-0.2, -0.15) is 9.57 Å². The highest BCUT2D eigenvalue weighted by atomic mass is 79.9. The summed E-state index contributed by atoms with van der Waals surface area (Å²) in [6.45, 7) is 2.99. The van der Waals surface area contributed by atoms with Gasteiger partial charge in [0.05, 0.1) is 11.0 Å². The van der Waals surface area contributed by atoms with Crippen molar-refractivity contribution < 1.29 is 28.2 Å². The highest BCUT2D eigenvalue weighted by Gasteiger charge is 2.29. The highest BCUT2D eigenvalue weighted by molar-refractivity contribution is 9.10. The van der Waals surface area contributed by atoms with Gasteiger partial charge in [-0.3, -0.25) is 4.90 Å². The van der Waals surface area contributed by atoms with Crippen LogP contribution in [0.2, 0.25) is 0 Å². The number of rotatable bonds is 4. The molecule has 0 unspecified atom stereocenters. The lowest BCUT2D eigenvalue weighted by Crippen LogP contribution is -2.48. The lowest BCUT2D eigenvalue weighted by atomic mass is 10.3. The number of piperazine rings is 1. The zero-order valence-electron chi connectivity index (χ0n) is 13.7. The smallest absolute Gasteiger partial charge is 0.414 e. The molecule has 0 spiro atoms. The van der Waals surface area contributed by atoms with Crippen molar-refractivity contribution in [2.24, 2.45) is 0 Å². The van der Waals surface area contributed by atoms with Crippen LogP contribution in [-0.4, -0.2) is 72.5 Å². The van der Waals surface area contributed by atoms with Crippen LogP contribution in [0.25, 0.3) is 0 Å². The predicted molar refractivity (Wildman–Crippen MR) is 94.8 cm³/mol. The van der Waals surface area contributed by atoms with Crippen LogP contribution in [0.4, 0.5) is 0 Å². The van der Waals surface area contributed by atoms with E-state index in [0.29, 0.717) is 48.5 Å². The third-order valence-electron chi connectivity index (χ3n) is 3.51. The number of nitrogens with zero attached hydrogens (tertiary/aromatic N) is 3. The van der Waals surface area contributed by atoms with E-state index in [9.17, 15) is 8.42 Å². The molecule has 142 valence electrons. The van der Waals surface area contributed by atoms with Crippen LogP contribution in [-0.2, 0) is 19.6 Å². The minimum atomic E-state index is -3.44. The van der Waals surface area contributed by atoms with Crippen LogP contribution in [0.5, 0.6) is 0 Å². The van der Waals surface area contributed by atoms with E-state index in [-0.39, 0.29) is 0 Å². The molecule has 0 atom stereocenters. The lowest BCUT2D eigenvalue weighted by molar-refractivity contribution is -0.159.